The van der Waals surface area contributed by atoms with Gasteiger partial charge in [0.15, 0.2) is 11.5 Å². The molecule has 1 heterocycles. The zero-order chi connectivity index (χ0) is 28.3. The second-order valence-electron chi connectivity index (χ2n) is 10.2. The van der Waals surface area contributed by atoms with Crippen LogP contribution in [0.25, 0.3) is 0 Å². The van der Waals surface area contributed by atoms with Crippen molar-refractivity contribution >= 4 is 5.91 Å². The minimum absolute atomic E-state index is 0.0225. The molecule has 3 aromatic carbocycles. The number of carbonyl (C=O) groups is 1. The van der Waals surface area contributed by atoms with Crippen LogP contribution < -0.4 is 4.74 Å². The number of benzene rings is 3. The van der Waals surface area contributed by atoms with Crippen molar-refractivity contribution in [3.63, 3.8) is 0 Å². The molecule has 4 rings (SSSR count). The highest BCUT2D eigenvalue weighted by molar-refractivity contribution is 5.94. The number of ether oxygens (including phenoxy) is 1. The predicted octanol–water partition coefficient (Wildman–Crippen LogP) is 6.33. The van der Waals surface area contributed by atoms with Crippen molar-refractivity contribution in [3.8, 4) is 11.5 Å². The third-order valence-electron chi connectivity index (χ3n) is 7.22. The van der Waals surface area contributed by atoms with Gasteiger partial charge in [0.1, 0.15) is 5.82 Å². The predicted molar refractivity (Wildman–Crippen MR) is 140 cm³/mol. The number of alkyl halides is 3. The van der Waals surface area contributed by atoms with Crippen molar-refractivity contribution in [1.29, 1.82) is 0 Å². The molecule has 0 saturated carbocycles. The highest BCUT2D eigenvalue weighted by atomic mass is 19.4. The van der Waals surface area contributed by atoms with E-state index in [4.69, 9.17) is 4.74 Å². The number of halogens is 4. The van der Waals surface area contributed by atoms with Crippen LogP contribution >= 0.6 is 0 Å². The van der Waals surface area contributed by atoms with Gasteiger partial charge in [-0.05, 0) is 73.4 Å². The van der Waals surface area contributed by atoms with Gasteiger partial charge in [-0.25, -0.2) is 4.39 Å². The Labute approximate surface area is 225 Å². The third-order valence-corrected chi connectivity index (χ3v) is 7.22. The van der Waals surface area contributed by atoms with Crippen LogP contribution in [0.1, 0.15) is 46.8 Å². The maximum absolute atomic E-state index is 13.5. The maximum atomic E-state index is 13.5. The Kier molecular flexibility index (Phi) is 8.49. The summed E-state index contributed by atoms with van der Waals surface area (Å²) in [6.45, 7) is 5.63. The minimum Gasteiger partial charge on any atom is -0.504 e. The molecule has 0 bridgehead atoms. The monoisotopic (exact) mass is 544 g/mol. The lowest BCUT2D eigenvalue weighted by Gasteiger charge is -2.32. The van der Waals surface area contributed by atoms with E-state index < -0.39 is 17.6 Å². The van der Waals surface area contributed by atoms with Crippen molar-refractivity contribution in [2.24, 2.45) is 5.92 Å². The molecule has 39 heavy (non-hydrogen) atoms. The number of hydrogen-bond acceptors (Lipinski definition) is 4. The SMILES string of the molecule is COc1cc(CN2CC(CN(C(=O)c3ccc(F)cc3)C(C)C)C(c3cccc(C(F)(F)F)c3)C2)ccc1O. The average molecular weight is 545 g/mol. The van der Waals surface area contributed by atoms with E-state index in [0.29, 0.717) is 43.1 Å². The largest absolute Gasteiger partial charge is 0.504 e. The third kappa shape index (κ3) is 6.71. The number of methoxy groups -OCH3 is 1. The number of aromatic hydroxyl groups is 1. The highest BCUT2D eigenvalue weighted by Crippen LogP contribution is 2.38. The van der Waals surface area contributed by atoms with Gasteiger partial charge in [-0.15, -0.1) is 0 Å². The summed E-state index contributed by atoms with van der Waals surface area (Å²) < 4.78 is 59.3. The van der Waals surface area contributed by atoms with E-state index in [1.54, 1.807) is 29.2 Å². The number of phenolic OH excluding ortho intramolecular Hbond substituents is 1. The zero-order valence-electron chi connectivity index (χ0n) is 22.1. The highest BCUT2D eigenvalue weighted by Gasteiger charge is 2.38. The number of likely N-dealkylation sites (tertiary alicyclic amines) is 1. The van der Waals surface area contributed by atoms with Gasteiger partial charge < -0.3 is 14.7 Å². The van der Waals surface area contributed by atoms with Gasteiger partial charge in [-0.3, -0.25) is 9.69 Å². The first-order chi connectivity index (χ1) is 18.5. The van der Waals surface area contributed by atoms with Crippen LogP contribution in [0.15, 0.2) is 66.7 Å². The van der Waals surface area contributed by atoms with Crippen LogP contribution in [0.5, 0.6) is 11.5 Å². The van der Waals surface area contributed by atoms with Gasteiger partial charge in [0.2, 0.25) is 0 Å². The number of phenols is 1. The molecule has 5 nitrogen and oxygen atoms in total. The lowest BCUT2D eigenvalue weighted by Crippen LogP contribution is -2.42. The van der Waals surface area contributed by atoms with E-state index in [1.165, 1.54) is 43.5 Å². The molecule has 208 valence electrons. The first-order valence-corrected chi connectivity index (χ1v) is 12.8. The van der Waals surface area contributed by atoms with E-state index >= 15 is 0 Å². The summed E-state index contributed by atoms with van der Waals surface area (Å²) in [5.74, 6) is -0.741. The summed E-state index contributed by atoms with van der Waals surface area (Å²) >= 11 is 0. The molecule has 1 fully saturated rings. The molecule has 1 aliphatic rings. The molecule has 3 aromatic rings. The van der Waals surface area contributed by atoms with Gasteiger partial charge >= 0.3 is 6.18 Å². The molecular weight excluding hydrogens is 512 g/mol. The van der Waals surface area contributed by atoms with Crippen molar-refractivity contribution in [1.82, 2.24) is 9.80 Å². The number of carbonyl (C=O) groups excluding carboxylic acids is 1. The topological polar surface area (TPSA) is 53.0 Å². The van der Waals surface area contributed by atoms with Crippen LogP contribution in [-0.4, -0.2) is 53.6 Å². The fraction of sp³-hybridized carbons (Fsp3) is 0.367. The van der Waals surface area contributed by atoms with Gasteiger partial charge in [0.25, 0.3) is 5.91 Å². The Morgan fingerprint density at radius 2 is 1.79 bits per heavy atom. The zero-order valence-corrected chi connectivity index (χ0v) is 22.1. The van der Waals surface area contributed by atoms with Crippen LogP contribution in [0.2, 0.25) is 0 Å². The van der Waals surface area contributed by atoms with Crippen LogP contribution in [0, 0.1) is 11.7 Å². The van der Waals surface area contributed by atoms with Gasteiger partial charge in [0.05, 0.1) is 12.7 Å². The first-order valence-electron chi connectivity index (χ1n) is 12.8. The number of amides is 1. The van der Waals surface area contributed by atoms with Crippen molar-refractivity contribution < 1.29 is 32.2 Å². The standard InChI is InChI=1S/C30H32F4N2O3/c1-19(2)36(29(38)21-8-10-25(31)11-9-21)17-23-16-35(15-20-7-12-27(37)28(13-20)39-3)18-26(23)22-5-4-6-24(14-22)30(32,33)34/h4-14,19,23,26,37H,15-18H2,1-3H3. The van der Waals surface area contributed by atoms with Gasteiger partial charge in [-0.1, -0.05) is 24.3 Å². The molecule has 2 atom stereocenters. The normalized spacial score (nSPS) is 17.9. The molecule has 0 radical (unpaired) electrons. The lowest BCUT2D eigenvalue weighted by molar-refractivity contribution is -0.137. The lowest BCUT2D eigenvalue weighted by atomic mass is 9.87. The average Bonchev–Trinajstić information content (AvgIpc) is 3.30. The van der Waals surface area contributed by atoms with E-state index in [9.17, 15) is 27.5 Å². The van der Waals surface area contributed by atoms with Crippen molar-refractivity contribution in [2.75, 3.05) is 26.7 Å². The van der Waals surface area contributed by atoms with Crippen LogP contribution in [0.3, 0.4) is 0 Å². The van der Waals surface area contributed by atoms with Gasteiger partial charge in [-0.2, -0.15) is 13.2 Å². The second kappa shape index (κ2) is 11.7. The minimum atomic E-state index is -4.46. The van der Waals surface area contributed by atoms with Crippen LogP contribution in [-0.2, 0) is 12.7 Å². The molecule has 0 spiro atoms. The molecular formula is C30H32F4N2O3. The van der Waals surface area contributed by atoms with Crippen molar-refractivity contribution in [3.05, 3.63) is 94.8 Å². The number of rotatable bonds is 8. The van der Waals surface area contributed by atoms with E-state index in [1.807, 2.05) is 13.8 Å². The summed E-state index contributed by atoms with van der Waals surface area (Å²) in [7, 11) is 1.47. The van der Waals surface area contributed by atoms with E-state index in [0.717, 1.165) is 11.6 Å². The fourth-order valence-corrected chi connectivity index (χ4v) is 5.22. The first kappa shape index (κ1) is 28.4. The molecule has 9 heteroatoms. The molecule has 0 aromatic heterocycles. The summed E-state index contributed by atoms with van der Waals surface area (Å²) in [6.07, 6.45) is -4.46. The van der Waals surface area contributed by atoms with E-state index in [-0.39, 0.29) is 29.5 Å². The molecule has 1 saturated heterocycles. The molecule has 1 amide bonds. The number of nitrogens with zero attached hydrogens (tertiary/aromatic N) is 2. The summed E-state index contributed by atoms with van der Waals surface area (Å²) in [6, 6.07) is 15.6. The van der Waals surface area contributed by atoms with E-state index in [2.05, 4.69) is 4.90 Å². The quantitative estimate of drug-likeness (QED) is 0.337. The molecule has 0 aliphatic carbocycles. The van der Waals surface area contributed by atoms with Crippen LogP contribution in [0.4, 0.5) is 17.6 Å². The Morgan fingerprint density at radius 3 is 2.44 bits per heavy atom. The molecule has 2 unspecified atom stereocenters. The Hall–Kier alpha value is -3.59. The summed E-state index contributed by atoms with van der Waals surface area (Å²) in [4.78, 5) is 17.2. The van der Waals surface area contributed by atoms with Gasteiger partial charge in [0, 0.05) is 43.7 Å². The smallest absolute Gasteiger partial charge is 0.416 e. The Bertz CT molecular complexity index is 1290. The fourth-order valence-electron chi connectivity index (χ4n) is 5.22. The maximum Gasteiger partial charge on any atom is 0.416 e. The Morgan fingerprint density at radius 1 is 1.08 bits per heavy atom. The molecule has 1 aliphatic heterocycles. The summed E-state index contributed by atoms with van der Waals surface area (Å²) in [5, 5.41) is 9.94. The number of hydrogen-bond donors (Lipinski definition) is 1. The Balaban J connectivity index is 1.63. The molecule has 1 N–H and O–H groups in total. The van der Waals surface area contributed by atoms with Crippen molar-refractivity contribution in [2.45, 2.75) is 38.5 Å². The second-order valence-corrected chi connectivity index (χ2v) is 10.2. The summed E-state index contributed by atoms with van der Waals surface area (Å²) in [5.41, 5.74) is 1.10.